The summed E-state index contributed by atoms with van der Waals surface area (Å²) < 4.78 is 5.27. The Hall–Kier alpha value is 0.270. The van der Waals surface area contributed by atoms with E-state index in [9.17, 15) is 0 Å². The smallest absolute Gasteiger partial charge is 0.0590 e. The van der Waals surface area contributed by atoms with Gasteiger partial charge in [0, 0.05) is 30.7 Å². The molecule has 0 bridgehead atoms. The van der Waals surface area contributed by atoms with Gasteiger partial charge in [-0.3, -0.25) is 0 Å². The van der Waals surface area contributed by atoms with Crippen molar-refractivity contribution in [3.63, 3.8) is 0 Å². The molecule has 0 heterocycles. The van der Waals surface area contributed by atoms with Gasteiger partial charge in [-0.05, 0) is 25.7 Å². The first kappa shape index (κ1) is 14.3. The molecule has 1 aliphatic rings. The lowest BCUT2D eigenvalue weighted by atomic mass is 9.91. The zero-order chi connectivity index (χ0) is 11.6. The van der Waals surface area contributed by atoms with Crippen LogP contribution in [0.1, 0.15) is 39.5 Å². The van der Waals surface area contributed by atoms with Gasteiger partial charge >= 0.3 is 0 Å². The second-order valence-corrected chi connectivity index (χ2v) is 6.12. The van der Waals surface area contributed by atoms with Crippen LogP contribution in [0.5, 0.6) is 0 Å². The van der Waals surface area contributed by atoms with Gasteiger partial charge in [0.2, 0.25) is 0 Å². The van der Waals surface area contributed by atoms with Crippen molar-refractivity contribution in [1.29, 1.82) is 0 Å². The van der Waals surface area contributed by atoms with Gasteiger partial charge in [0.05, 0.1) is 6.61 Å². The molecular weight excluding hydrogens is 218 g/mol. The third kappa shape index (κ3) is 6.77. The van der Waals surface area contributed by atoms with E-state index in [0.29, 0.717) is 0 Å². The third-order valence-corrected chi connectivity index (χ3v) is 4.49. The van der Waals surface area contributed by atoms with Crippen molar-refractivity contribution < 1.29 is 4.74 Å². The van der Waals surface area contributed by atoms with Gasteiger partial charge in [-0.15, -0.1) is 0 Å². The van der Waals surface area contributed by atoms with Crippen LogP contribution in [0.25, 0.3) is 0 Å². The van der Waals surface area contributed by atoms with Crippen molar-refractivity contribution in [2.24, 2.45) is 5.92 Å². The van der Waals surface area contributed by atoms with Crippen LogP contribution in [0.3, 0.4) is 0 Å². The first-order valence-electron chi connectivity index (χ1n) is 6.73. The molecule has 16 heavy (non-hydrogen) atoms. The Kier molecular flexibility index (Phi) is 8.34. The summed E-state index contributed by atoms with van der Waals surface area (Å²) in [5.74, 6) is 2.21. The molecule has 0 aromatic carbocycles. The number of thioether (sulfide) groups is 1. The molecule has 0 spiro atoms. The van der Waals surface area contributed by atoms with Crippen LogP contribution in [-0.4, -0.2) is 37.3 Å². The summed E-state index contributed by atoms with van der Waals surface area (Å²) >= 11 is 2.16. The van der Waals surface area contributed by atoms with Gasteiger partial charge < -0.3 is 10.1 Å². The molecule has 96 valence electrons. The summed E-state index contributed by atoms with van der Waals surface area (Å²) in [7, 11) is 0. The molecule has 2 atom stereocenters. The standard InChI is InChI=1S/C13H27NOS/c1-3-15-9-7-14-8-10-16-13-6-4-5-12(2)11-13/h12-14H,3-11H2,1-2H3. The Morgan fingerprint density at radius 1 is 1.31 bits per heavy atom. The van der Waals surface area contributed by atoms with Gasteiger partial charge in [-0.2, -0.15) is 11.8 Å². The van der Waals surface area contributed by atoms with Crippen molar-refractivity contribution in [3.8, 4) is 0 Å². The van der Waals surface area contributed by atoms with E-state index in [1.807, 2.05) is 6.92 Å². The lowest BCUT2D eigenvalue weighted by molar-refractivity contribution is 0.150. The van der Waals surface area contributed by atoms with Crippen LogP contribution in [-0.2, 0) is 4.74 Å². The van der Waals surface area contributed by atoms with Crippen LogP contribution in [0.4, 0.5) is 0 Å². The van der Waals surface area contributed by atoms with Crippen LogP contribution in [0.2, 0.25) is 0 Å². The molecule has 3 heteroatoms. The molecule has 0 aromatic rings. The monoisotopic (exact) mass is 245 g/mol. The Morgan fingerprint density at radius 2 is 2.19 bits per heavy atom. The number of ether oxygens (including phenoxy) is 1. The maximum Gasteiger partial charge on any atom is 0.0590 e. The third-order valence-electron chi connectivity index (χ3n) is 3.15. The second kappa shape index (κ2) is 9.32. The van der Waals surface area contributed by atoms with Gasteiger partial charge in [-0.1, -0.05) is 19.8 Å². The summed E-state index contributed by atoms with van der Waals surface area (Å²) in [6.07, 6.45) is 5.76. The van der Waals surface area contributed by atoms with Crippen LogP contribution >= 0.6 is 11.8 Å². The topological polar surface area (TPSA) is 21.3 Å². The SMILES string of the molecule is CCOCCNCCSC1CCCC(C)C1. The molecule has 0 aliphatic heterocycles. The fourth-order valence-corrected chi connectivity index (χ4v) is 3.63. The summed E-state index contributed by atoms with van der Waals surface area (Å²) in [6.45, 7) is 8.24. The molecule has 0 aromatic heterocycles. The van der Waals surface area contributed by atoms with Crippen molar-refractivity contribution in [2.45, 2.75) is 44.8 Å². The molecule has 2 nitrogen and oxygen atoms in total. The molecular formula is C13H27NOS. The maximum atomic E-state index is 5.27. The number of hydrogen-bond acceptors (Lipinski definition) is 3. The minimum Gasteiger partial charge on any atom is -0.380 e. The Balaban J connectivity index is 1.86. The van der Waals surface area contributed by atoms with Crippen molar-refractivity contribution in [1.82, 2.24) is 5.32 Å². The van der Waals surface area contributed by atoms with E-state index in [1.54, 1.807) is 0 Å². The molecule has 1 fully saturated rings. The number of hydrogen-bond donors (Lipinski definition) is 1. The van der Waals surface area contributed by atoms with Crippen LogP contribution < -0.4 is 5.32 Å². The first-order chi connectivity index (χ1) is 7.83. The zero-order valence-corrected chi connectivity index (χ0v) is 11.7. The predicted molar refractivity (Wildman–Crippen MR) is 73.2 cm³/mol. The molecule has 0 saturated heterocycles. The minimum absolute atomic E-state index is 0.830. The largest absolute Gasteiger partial charge is 0.380 e. The minimum atomic E-state index is 0.830. The van der Waals surface area contributed by atoms with Gasteiger partial charge in [-0.25, -0.2) is 0 Å². The quantitative estimate of drug-likeness (QED) is 0.664. The summed E-state index contributed by atoms with van der Waals surface area (Å²) in [5, 5.41) is 4.35. The predicted octanol–water partition coefficient (Wildman–Crippen LogP) is 2.92. The lowest BCUT2D eigenvalue weighted by Gasteiger charge is -2.26. The van der Waals surface area contributed by atoms with E-state index in [2.05, 4.69) is 24.0 Å². The van der Waals surface area contributed by atoms with Gasteiger partial charge in [0.1, 0.15) is 0 Å². The highest BCUT2D eigenvalue weighted by Crippen LogP contribution is 2.31. The summed E-state index contributed by atoms with van der Waals surface area (Å²) in [6, 6.07) is 0. The lowest BCUT2D eigenvalue weighted by Crippen LogP contribution is -2.24. The Morgan fingerprint density at radius 3 is 2.94 bits per heavy atom. The van der Waals surface area contributed by atoms with Crippen molar-refractivity contribution in [2.75, 3.05) is 32.1 Å². The average molecular weight is 245 g/mol. The highest BCUT2D eigenvalue weighted by molar-refractivity contribution is 7.99. The number of nitrogens with one attached hydrogen (secondary N) is 1. The van der Waals surface area contributed by atoms with E-state index >= 15 is 0 Å². The van der Waals surface area contributed by atoms with Gasteiger partial charge in [0.25, 0.3) is 0 Å². The summed E-state index contributed by atoms with van der Waals surface area (Å²) in [5.41, 5.74) is 0. The fraction of sp³-hybridized carbons (Fsp3) is 1.00. The highest BCUT2D eigenvalue weighted by Gasteiger charge is 2.18. The normalized spacial score (nSPS) is 25.9. The highest BCUT2D eigenvalue weighted by atomic mass is 32.2. The van der Waals surface area contributed by atoms with Gasteiger partial charge in [0.15, 0.2) is 0 Å². The Labute approximate surface area is 105 Å². The molecule has 2 unspecified atom stereocenters. The molecule has 1 aliphatic carbocycles. The van der Waals surface area contributed by atoms with E-state index in [0.717, 1.165) is 37.5 Å². The molecule has 0 amide bonds. The van der Waals surface area contributed by atoms with Crippen LogP contribution in [0.15, 0.2) is 0 Å². The van der Waals surface area contributed by atoms with E-state index in [4.69, 9.17) is 4.74 Å². The summed E-state index contributed by atoms with van der Waals surface area (Å²) in [4.78, 5) is 0. The molecule has 0 radical (unpaired) electrons. The Bertz CT molecular complexity index is 166. The van der Waals surface area contributed by atoms with E-state index in [1.165, 1.54) is 31.4 Å². The molecule has 1 saturated carbocycles. The average Bonchev–Trinajstić information content (AvgIpc) is 2.28. The van der Waals surface area contributed by atoms with Crippen molar-refractivity contribution in [3.05, 3.63) is 0 Å². The second-order valence-electron chi connectivity index (χ2n) is 4.71. The number of rotatable bonds is 8. The zero-order valence-electron chi connectivity index (χ0n) is 10.8. The van der Waals surface area contributed by atoms with E-state index in [-0.39, 0.29) is 0 Å². The molecule has 1 rings (SSSR count). The fourth-order valence-electron chi connectivity index (χ4n) is 2.24. The van der Waals surface area contributed by atoms with Crippen LogP contribution in [0, 0.1) is 5.92 Å². The maximum absolute atomic E-state index is 5.27. The first-order valence-corrected chi connectivity index (χ1v) is 7.78. The van der Waals surface area contributed by atoms with E-state index < -0.39 is 0 Å². The van der Waals surface area contributed by atoms with Crippen molar-refractivity contribution >= 4 is 11.8 Å². The molecule has 1 N–H and O–H groups in total.